The average Bonchev–Trinajstić information content (AvgIpc) is 2.92. The third kappa shape index (κ3) is 3.02. The number of aryl methyl sites for hydroxylation is 1. The summed E-state index contributed by atoms with van der Waals surface area (Å²) in [4.78, 5) is 12.3. The number of nitrogens with zero attached hydrogens (tertiary/aromatic N) is 4. The van der Waals surface area contributed by atoms with Crippen molar-refractivity contribution in [3.8, 4) is 11.5 Å². The van der Waals surface area contributed by atoms with Crippen LogP contribution < -0.4 is 5.32 Å². The summed E-state index contributed by atoms with van der Waals surface area (Å²) in [6.45, 7) is 2.16. The molecule has 0 aliphatic rings. The van der Waals surface area contributed by atoms with E-state index >= 15 is 0 Å². The fraction of sp³-hybridized carbons (Fsp3) is 0.143. The predicted molar refractivity (Wildman–Crippen MR) is 73.8 cm³/mol. The number of halogens is 1. The van der Waals surface area contributed by atoms with E-state index in [4.69, 9.17) is 4.52 Å². The lowest BCUT2D eigenvalue weighted by molar-refractivity contribution is 0.425. The van der Waals surface area contributed by atoms with Gasteiger partial charge in [-0.25, -0.2) is 14.4 Å². The van der Waals surface area contributed by atoms with E-state index < -0.39 is 0 Å². The highest BCUT2D eigenvalue weighted by atomic mass is 19.1. The van der Waals surface area contributed by atoms with Crippen LogP contribution in [0.15, 0.2) is 41.3 Å². The first-order valence-electron chi connectivity index (χ1n) is 6.31. The Kier molecular flexibility index (Phi) is 3.55. The molecule has 0 radical (unpaired) electrons. The fourth-order valence-corrected chi connectivity index (χ4v) is 1.87. The van der Waals surface area contributed by atoms with Crippen molar-refractivity contribution in [2.24, 2.45) is 0 Å². The van der Waals surface area contributed by atoms with E-state index in [1.165, 1.54) is 18.5 Å². The minimum absolute atomic E-state index is 0.273. The predicted octanol–water partition coefficient (Wildman–Crippen LogP) is 2.59. The number of rotatable bonds is 4. The molecular formula is C14H12FN5O. The Bertz CT molecular complexity index is 758. The lowest BCUT2D eigenvalue weighted by atomic mass is 10.2. The van der Waals surface area contributed by atoms with Crippen molar-refractivity contribution in [1.29, 1.82) is 0 Å². The van der Waals surface area contributed by atoms with Gasteiger partial charge in [0.1, 0.15) is 23.5 Å². The molecule has 0 saturated carbocycles. The van der Waals surface area contributed by atoms with Gasteiger partial charge in [0.25, 0.3) is 5.89 Å². The lowest BCUT2D eigenvalue weighted by Crippen LogP contribution is -2.03. The van der Waals surface area contributed by atoms with Crippen molar-refractivity contribution < 1.29 is 8.91 Å². The molecule has 106 valence electrons. The first kappa shape index (κ1) is 13.2. The van der Waals surface area contributed by atoms with Crippen LogP contribution in [0.1, 0.15) is 11.4 Å². The van der Waals surface area contributed by atoms with Crippen LogP contribution in [0, 0.1) is 12.7 Å². The lowest BCUT2D eigenvalue weighted by Gasteiger charge is -2.08. The van der Waals surface area contributed by atoms with Gasteiger partial charge in [-0.3, -0.25) is 0 Å². The molecule has 0 spiro atoms. The molecule has 1 aromatic carbocycles. The summed E-state index contributed by atoms with van der Waals surface area (Å²) in [6, 6.07) is 6.36. The van der Waals surface area contributed by atoms with Gasteiger partial charge >= 0.3 is 0 Å². The highest BCUT2D eigenvalue weighted by Crippen LogP contribution is 2.23. The molecule has 0 fully saturated rings. The Morgan fingerprint density at radius 1 is 1.33 bits per heavy atom. The number of hydrogen-bond acceptors (Lipinski definition) is 6. The second kappa shape index (κ2) is 5.66. The second-order valence-corrected chi connectivity index (χ2v) is 4.42. The van der Waals surface area contributed by atoms with E-state index in [1.54, 1.807) is 19.2 Å². The molecule has 0 saturated heterocycles. The van der Waals surface area contributed by atoms with Crippen LogP contribution in [0.4, 0.5) is 10.2 Å². The van der Waals surface area contributed by atoms with Crippen LogP contribution in [0.5, 0.6) is 0 Å². The van der Waals surface area contributed by atoms with Gasteiger partial charge in [0.05, 0.1) is 0 Å². The van der Waals surface area contributed by atoms with Crippen molar-refractivity contribution in [2.75, 3.05) is 5.32 Å². The molecule has 21 heavy (non-hydrogen) atoms. The zero-order valence-corrected chi connectivity index (χ0v) is 11.2. The first-order chi connectivity index (χ1) is 10.2. The minimum atomic E-state index is -0.273. The van der Waals surface area contributed by atoms with Gasteiger partial charge in [-0.05, 0) is 24.6 Å². The molecule has 3 aromatic rings. The summed E-state index contributed by atoms with van der Waals surface area (Å²) in [5.74, 6) is 1.16. The molecule has 0 atom stereocenters. The van der Waals surface area contributed by atoms with E-state index in [1.807, 2.05) is 6.07 Å². The zero-order valence-electron chi connectivity index (χ0n) is 11.2. The maximum absolute atomic E-state index is 13.2. The van der Waals surface area contributed by atoms with Crippen LogP contribution in [-0.2, 0) is 6.54 Å². The van der Waals surface area contributed by atoms with Gasteiger partial charge in [-0.15, -0.1) is 0 Å². The van der Waals surface area contributed by atoms with E-state index in [-0.39, 0.29) is 5.82 Å². The third-order valence-electron chi connectivity index (χ3n) is 2.82. The molecule has 1 N–H and O–H groups in total. The Morgan fingerprint density at radius 2 is 2.24 bits per heavy atom. The Hall–Kier alpha value is -2.83. The molecule has 6 nitrogen and oxygen atoms in total. The summed E-state index contributed by atoms with van der Waals surface area (Å²) in [7, 11) is 0. The maximum Gasteiger partial charge on any atom is 0.263 e. The van der Waals surface area contributed by atoms with Gasteiger partial charge in [0.15, 0.2) is 5.82 Å². The molecule has 7 heteroatoms. The molecular weight excluding hydrogens is 273 g/mol. The number of anilines is 1. The summed E-state index contributed by atoms with van der Waals surface area (Å²) in [5.41, 5.74) is 1.41. The Balaban J connectivity index is 1.83. The SMILES string of the molecule is Cc1noc(-c2cncnc2NCc2cccc(F)c2)n1. The van der Waals surface area contributed by atoms with Gasteiger partial charge in [-0.1, -0.05) is 17.3 Å². The smallest absolute Gasteiger partial charge is 0.263 e. The largest absolute Gasteiger partial charge is 0.365 e. The van der Waals surface area contributed by atoms with Crippen molar-refractivity contribution >= 4 is 5.82 Å². The van der Waals surface area contributed by atoms with E-state index in [0.717, 1.165) is 5.56 Å². The number of nitrogens with one attached hydrogen (secondary N) is 1. The summed E-state index contributed by atoms with van der Waals surface area (Å²) in [5, 5.41) is 6.86. The zero-order chi connectivity index (χ0) is 14.7. The molecule has 2 heterocycles. The first-order valence-corrected chi connectivity index (χ1v) is 6.31. The van der Waals surface area contributed by atoms with Gasteiger partial charge in [0.2, 0.25) is 0 Å². The van der Waals surface area contributed by atoms with Crippen molar-refractivity contribution in [2.45, 2.75) is 13.5 Å². The van der Waals surface area contributed by atoms with E-state index in [0.29, 0.717) is 29.6 Å². The minimum Gasteiger partial charge on any atom is -0.365 e. The average molecular weight is 285 g/mol. The van der Waals surface area contributed by atoms with E-state index in [9.17, 15) is 4.39 Å². The standard InChI is InChI=1S/C14H12FN5O/c1-9-19-14(21-20-9)12-7-16-8-18-13(12)17-6-10-3-2-4-11(15)5-10/h2-5,7-8H,6H2,1H3,(H,16,17,18). The van der Waals surface area contributed by atoms with Crippen molar-refractivity contribution in [1.82, 2.24) is 20.1 Å². The number of benzene rings is 1. The van der Waals surface area contributed by atoms with Crippen molar-refractivity contribution in [3.63, 3.8) is 0 Å². The molecule has 0 aliphatic heterocycles. The summed E-state index contributed by atoms with van der Waals surface area (Å²) in [6.07, 6.45) is 3.01. The Morgan fingerprint density at radius 3 is 3.00 bits per heavy atom. The van der Waals surface area contributed by atoms with Crippen LogP contribution in [0.3, 0.4) is 0 Å². The fourth-order valence-electron chi connectivity index (χ4n) is 1.87. The van der Waals surface area contributed by atoms with Crippen LogP contribution in [0.2, 0.25) is 0 Å². The quantitative estimate of drug-likeness (QED) is 0.794. The highest BCUT2D eigenvalue weighted by molar-refractivity contribution is 5.67. The van der Waals surface area contributed by atoms with Gasteiger partial charge in [0, 0.05) is 12.7 Å². The summed E-state index contributed by atoms with van der Waals surface area (Å²) < 4.78 is 18.3. The van der Waals surface area contributed by atoms with Gasteiger partial charge in [-0.2, -0.15) is 4.98 Å². The number of aromatic nitrogens is 4. The van der Waals surface area contributed by atoms with Gasteiger partial charge < -0.3 is 9.84 Å². The normalized spacial score (nSPS) is 10.6. The maximum atomic E-state index is 13.2. The molecule has 0 unspecified atom stereocenters. The van der Waals surface area contributed by atoms with Crippen LogP contribution >= 0.6 is 0 Å². The summed E-state index contributed by atoms with van der Waals surface area (Å²) >= 11 is 0. The molecule has 2 aromatic heterocycles. The molecule has 3 rings (SSSR count). The monoisotopic (exact) mass is 285 g/mol. The second-order valence-electron chi connectivity index (χ2n) is 4.42. The number of hydrogen-bond donors (Lipinski definition) is 1. The van der Waals surface area contributed by atoms with Crippen molar-refractivity contribution in [3.05, 3.63) is 54.0 Å². The molecule has 0 aliphatic carbocycles. The highest BCUT2D eigenvalue weighted by Gasteiger charge is 2.13. The molecule has 0 bridgehead atoms. The third-order valence-corrected chi connectivity index (χ3v) is 2.82. The van der Waals surface area contributed by atoms with Crippen LogP contribution in [-0.4, -0.2) is 20.1 Å². The Labute approximate surface area is 120 Å². The van der Waals surface area contributed by atoms with Crippen LogP contribution in [0.25, 0.3) is 11.5 Å². The molecule has 0 amide bonds. The van der Waals surface area contributed by atoms with E-state index in [2.05, 4.69) is 25.4 Å². The topological polar surface area (TPSA) is 76.7 Å².